The standard InChI is InChI=1S/C9H9ClN2O4/c10-7-2-1-6(3-11-7)12-8(13)4-16-5-9(14)15/h1-3H,4-5H2,(H,12,13)(H,14,15). The van der Waals surface area contributed by atoms with E-state index < -0.39 is 18.5 Å². The van der Waals surface area contributed by atoms with E-state index >= 15 is 0 Å². The van der Waals surface area contributed by atoms with Crippen LogP contribution in [-0.4, -0.2) is 35.2 Å². The molecule has 1 aromatic heterocycles. The van der Waals surface area contributed by atoms with Gasteiger partial charge >= 0.3 is 5.97 Å². The van der Waals surface area contributed by atoms with Crippen LogP contribution in [0.15, 0.2) is 18.3 Å². The summed E-state index contributed by atoms with van der Waals surface area (Å²) in [4.78, 5) is 25.0. The summed E-state index contributed by atoms with van der Waals surface area (Å²) in [7, 11) is 0. The third-order valence-electron chi connectivity index (χ3n) is 1.47. The van der Waals surface area contributed by atoms with Crippen LogP contribution in [0.25, 0.3) is 0 Å². The molecule has 0 saturated carbocycles. The first-order chi connectivity index (χ1) is 7.58. The highest BCUT2D eigenvalue weighted by Gasteiger charge is 2.04. The van der Waals surface area contributed by atoms with Crippen molar-refractivity contribution >= 4 is 29.2 Å². The lowest BCUT2D eigenvalue weighted by molar-refractivity contribution is -0.143. The molecule has 1 aromatic rings. The molecule has 0 spiro atoms. The smallest absolute Gasteiger partial charge is 0.329 e. The van der Waals surface area contributed by atoms with Gasteiger partial charge in [-0.05, 0) is 12.1 Å². The zero-order chi connectivity index (χ0) is 12.0. The highest BCUT2D eigenvalue weighted by atomic mass is 35.5. The molecular formula is C9H9ClN2O4. The number of carbonyl (C=O) groups excluding carboxylic acids is 1. The number of ether oxygens (including phenoxy) is 1. The Morgan fingerprint density at radius 3 is 2.75 bits per heavy atom. The first-order valence-electron chi connectivity index (χ1n) is 4.29. The van der Waals surface area contributed by atoms with E-state index in [1.807, 2.05) is 0 Å². The van der Waals surface area contributed by atoms with Crippen LogP contribution >= 0.6 is 11.6 Å². The number of aromatic nitrogens is 1. The Kier molecular flexibility index (Phi) is 4.68. The number of halogens is 1. The van der Waals surface area contributed by atoms with Gasteiger partial charge in [0.15, 0.2) is 0 Å². The number of aliphatic carboxylic acids is 1. The molecule has 0 bridgehead atoms. The summed E-state index contributed by atoms with van der Waals surface area (Å²) in [5.74, 6) is -1.58. The van der Waals surface area contributed by atoms with Gasteiger partial charge in [0.05, 0.1) is 11.9 Å². The molecule has 1 rings (SSSR count). The maximum absolute atomic E-state index is 11.2. The van der Waals surface area contributed by atoms with Gasteiger partial charge in [0, 0.05) is 0 Å². The number of pyridine rings is 1. The van der Waals surface area contributed by atoms with E-state index in [1.165, 1.54) is 12.3 Å². The Balaban J connectivity index is 2.34. The Bertz CT molecular complexity index is 380. The summed E-state index contributed by atoms with van der Waals surface area (Å²) in [5.41, 5.74) is 0.466. The third kappa shape index (κ3) is 4.72. The molecule has 0 radical (unpaired) electrons. The molecule has 0 aliphatic heterocycles. The van der Waals surface area contributed by atoms with Crippen molar-refractivity contribution in [3.8, 4) is 0 Å². The molecule has 86 valence electrons. The first-order valence-corrected chi connectivity index (χ1v) is 4.66. The van der Waals surface area contributed by atoms with Gasteiger partial charge in [0.25, 0.3) is 0 Å². The van der Waals surface area contributed by atoms with Crippen LogP contribution < -0.4 is 5.32 Å². The summed E-state index contributed by atoms with van der Waals surface area (Å²) < 4.78 is 4.59. The van der Waals surface area contributed by atoms with E-state index in [2.05, 4.69) is 15.0 Å². The van der Waals surface area contributed by atoms with Crippen molar-refractivity contribution in [2.24, 2.45) is 0 Å². The molecular weight excluding hydrogens is 236 g/mol. The average Bonchev–Trinajstić information content (AvgIpc) is 2.21. The Morgan fingerprint density at radius 1 is 1.44 bits per heavy atom. The fraction of sp³-hybridized carbons (Fsp3) is 0.222. The molecule has 0 aliphatic carbocycles. The summed E-state index contributed by atoms with van der Waals surface area (Å²) >= 11 is 5.55. The third-order valence-corrected chi connectivity index (χ3v) is 1.69. The number of carboxylic acids is 1. The highest BCUT2D eigenvalue weighted by molar-refractivity contribution is 6.29. The number of hydrogen-bond acceptors (Lipinski definition) is 4. The molecule has 1 heterocycles. The Labute approximate surface area is 96.2 Å². The topological polar surface area (TPSA) is 88.5 Å². The Morgan fingerprint density at radius 2 is 2.19 bits per heavy atom. The fourth-order valence-corrected chi connectivity index (χ4v) is 0.990. The van der Waals surface area contributed by atoms with Crippen LogP contribution in [-0.2, 0) is 14.3 Å². The van der Waals surface area contributed by atoms with Crippen molar-refractivity contribution in [1.82, 2.24) is 4.98 Å². The lowest BCUT2D eigenvalue weighted by Crippen LogP contribution is -2.20. The van der Waals surface area contributed by atoms with Crippen LogP contribution in [0, 0.1) is 0 Å². The van der Waals surface area contributed by atoms with Crippen molar-refractivity contribution in [3.05, 3.63) is 23.5 Å². The molecule has 0 saturated heterocycles. The van der Waals surface area contributed by atoms with Gasteiger partial charge in [0.1, 0.15) is 18.4 Å². The van der Waals surface area contributed by atoms with Gasteiger partial charge in [-0.25, -0.2) is 9.78 Å². The number of nitrogens with zero attached hydrogens (tertiary/aromatic N) is 1. The lowest BCUT2D eigenvalue weighted by atomic mass is 10.4. The average molecular weight is 245 g/mol. The molecule has 0 aliphatic rings. The summed E-state index contributed by atoms with van der Waals surface area (Å²) in [6.07, 6.45) is 1.39. The summed E-state index contributed by atoms with van der Waals surface area (Å²) in [5, 5.41) is 11.0. The zero-order valence-electron chi connectivity index (χ0n) is 8.14. The number of hydrogen-bond donors (Lipinski definition) is 2. The number of carbonyl (C=O) groups is 2. The second-order valence-electron chi connectivity index (χ2n) is 2.80. The minimum absolute atomic E-state index is 0.320. The maximum Gasteiger partial charge on any atom is 0.329 e. The van der Waals surface area contributed by atoms with Gasteiger partial charge in [0.2, 0.25) is 5.91 Å². The maximum atomic E-state index is 11.2. The molecule has 0 fully saturated rings. The number of carboxylic acid groups (broad SMARTS) is 1. The fourth-order valence-electron chi connectivity index (χ4n) is 0.878. The van der Waals surface area contributed by atoms with E-state index in [1.54, 1.807) is 6.07 Å². The number of rotatable bonds is 5. The summed E-state index contributed by atoms with van der Waals surface area (Å²) in [6.45, 7) is -0.832. The van der Waals surface area contributed by atoms with Gasteiger partial charge in [-0.15, -0.1) is 0 Å². The van der Waals surface area contributed by atoms with Gasteiger partial charge in [-0.3, -0.25) is 4.79 Å². The number of anilines is 1. The van der Waals surface area contributed by atoms with Crippen molar-refractivity contribution in [3.63, 3.8) is 0 Å². The monoisotopic (exact) mass is 244 g/mol. The van der Waals surface area contributed by atoms with Crippen LogP contribution in [0.5, 0.6) is 0 Å². The summed E-state index contributed by atoms with van der Waals surface area (Å²) in [6, 6.07) is 3.10. The first kappa shape index (κ1) is 12.4. The predicted molar refractivity (Wildman–Crippen MR) is 56.3 cm³/mol. The van der Waals surface area contributed by atoms with Crippen molar-refractivity contribution in [2.45, 2.75) is 0 Å². The lowest BCUT2D eigenvalue weighted by Gasteiger charge is -2.04. The van der Waals surface area contributed by atoms with Gasteiger partial charge in [-0.2, -0.15) is 0 Å². The van der Waals surface area contributed by atoms with Crippen molar-refractivity contribution < 1.29 is 19.4 Å². The van der Waals surface area contributed by atoms with E-state index in [-0.39, 0.29) is 6.61 Å². The van der Waals surface area contributed by atoms with Gasteiger partial charge in [-0.1, -0.05) is 11.6 Å². The predicted octanol–water partition coefficient (Wildman–Crippen LogP) is 0.775. The highest BCUT2D eigenvalue weighted by Crippen LogP contribution is 2.09. The minimum atomic E-state index is -1.12. The largest absolute Gasteiger partial charge is 0.480 e. The number of nitrogens with one attached hydrogen (secondary N) is 1. The van der Waals surface area contributed by atoms with Gasteiger partial charge < -0.3 is 15.2 Å². The quantitative estimate of drug-likeness (QED) is 0.747. The van der Waals surface area contributed by atoms with E-state index in [0.717, 1.165) is 0 Å². The van der Waals surface area contributed by atoms with Crippen molar-refractivity contribution in [1.29, 1.82) is 0 Å². The van der Waals surface area contributed by atoms with Crippen LogP contribution in [0.1, 0.15) is 0 Å². The second-order valence-corrected chi connectivity index (χ2v) is 3.19. The van der Waals surface area contributed by atoms with Crippen LogP contribution in [0.4, 0.5) is 5.69 Å². The molecule has 16 heavy (non-hydrogen) atoms. The van der Waals surface area contributed by atoms with E-state index in [9.17, 15) is 9.59 Å². The van der Waals surface area contributed by atoms with Crippen LogP contribution in [0.2, 0.25) is 5.15 Å². The van der Waals surface area contributed by atoms with Crippen LogP contribution in [0.3, 0.4) is 0 Å². The van der Waals surface area contributed by atoms with Crippen molar-refractivity contribution in [2.75, 3.05) is 18.5 Å². The molecule has 0 aromatic carbocycles. The molecule has 6 nitrogen and oxygen atoms in total. The van der Waals surface area contributed by atoms with E-state index in [4.69, 9.17) is 16.7 Å². The minimum Gasteiger partial charge on any atom is -0.480 e. The Hall–Kier alpha value is -1.66. The molecule has 2 N–H and O–H groups in total. The van der Waals surface area contributed by atoms with E-state index in [0.29, 0.717) is 10.8 Å². The molecule has 0 unspecified atom stereocenters. The second kappa shape index (κ2) is 6.04. The number of amides is 1. The zero-order valence-corrected chi connectivity index (χ0v) is 8.90. The molecule has 1 amide bonds. The molecule has 7 heteroatoms. The normalized spacial score (nSPS) is 9.81. The SMILES string of the molecule is O=C(O)COCC(=O)Nc1ccc(Cl)nc1. The molecule has 0 atom stereocenters.